The van der Waals surface area contributed by atoms with E-state index < -0.39 is 5.97 Å². The van der Waals surface area contributed by atoms with Crippen LogP contribution < -0.4 is 4.74 Å². The number of carboxylic acid groups (broad SMARTS) is 1. The largest absolute Gasteiger partial charge is 0.493 e. The number of rotatable bonds is 5. The average molecular weight is 222 g/mol. The maximum absolute atomic E-state index is 10.8. The molecule has 0 unspecified atom stereocenters. The van der Waals surface area contributed by atoms with Crippen molar-refractivity contribution >= 4 is 5.97 Å². The molecular formula is C13H18O3. The van der Waals surface area contributed by atoms with Gasteiger partial charge in [0.15, 0.2) is 0 Å². The molecular weight excluding hydrogens is 204 g/mol. The van der Waals surface area contributed by atoms with Gasteiger partial charge in [-0.25, -0.2) is 0 Å². The van der Waals surface area contributed by atoms with E-state index in [-0.39, 0.29) is 6.42 Å². The van der Waals surface area contributed by atoms with Gasteiger partial charge in [-0.2, -0.15) is 0 Å². The lowest BCUT2D eigenvalue weighted by atomic mass is 10.0. The van der Waals surface area contributed by atoms with Gasteiger partial charge in [-0.05, 0) is 25.8 Å². The van der Waals surface area contributed by atoms with E-state index in [1.165, 1.54) is 0 Å². The Morgan fingerprint density at radius 2 is 2.06 bits per heavy atom. The minimum atomic E-state index is -0.827. The van der Waals surface area contributed by atoms with Crippen LogP contribution in [0, 0.1) is 13.8 Å². The van der Waals surface area contributed by atoms with Gasteiger partial charge in [0.2, 0.25) is 0 Å². The second-order valence-corrected chi connectivity index (χ2v) is 3.99. The molecule has 3 nitrogen and oxygen atoms in total. The highest BCUT2D eigenvalue weighted by molar-refractivity contribution is 5.71. The molecule has 1 N–H and O–H groups in total. The normalized spacial score (nSPS) is 10.2. The van der Waals surface area contributed by atoms with Crippen LogP contribution in [0.25, 0.3) is 0 Å². The van der Waals surface area contributed by atoms with Crippen molar-refractivity contribution in [3.8, 4) is 5.75 Å². The molecule has 3 heteroatoms. The van der Waals surface area contributed by atoms with Crippen molar-refractivity contribution in [1.82, 2.24) is 0 Å². The number of aliphatic carboxylic acids is 1. The van der Waals surface area contributed by atoms with Crippen LogP contribution in [0.15, 0.2) is 12.1 Å². The van der Waals surface area contributed by atoms with Crippen molar-refractivity contribution in [3.63, 3.8) is 0 Å². The summed E-state index contributed by atoms with van der Waals surface area (Å²) in [6, 6.07) is 3.89. The number of hydrogen-bond donors (Lipinski definition) is 1. The summed E-state index contributed by atoms with van der Waals surface area (Å²) in [6.45, 7) is 6.56. The predicted molar refractivity (Wildman–Crippen MR) is 63.0 cm³/mol. The van der Waals surface area contributed by atoms with Gasteiger partial charge < -0.3 is 9.84 Å². The molecule has 0 bridgehead atoms. The number of hydrogen-bond acceptors (Lipinski definition) is 2. The molecule has 0 aliphatic rings. The van der Waals surface area contributed by atoms with Gasteiger partial charge in [0.1, 0.15) is 5.75 Å². The second kappa shape index (κ2) is 5.54. The molecule has 1 rings (SSSR count). The molecule has 1 aromatic rings. The molecule has 0 atom stereocenters. The minimum absolute atomic E-state index is 0.0154. The third kappa shape index (κ3) is 3.26. The molecule has 0 spiro atoms. The van der Waals surface area contributed by atoms with Crippen molar-refractivity contribution in [1.29, 1.82) is 0 Å². The van der Waals surface area contributed by atoms with Crippen LogP contribution in [0.2, 0.25) is 0 Å². The predicted octanol–water partition coefficient (Wildman–Crippen LogP) is 2.72. The molecule has 0 fully saturated rings. The van der Waals surface area contributed by atoms with E-state index in [0.717, 1.165) is 28.9 Å². The average Bonchev–Trinajstić information content (AvgIpc) is 2.15. The minimum Gasteiger partial charge on any atom is -0.493 e. The third-order valence-electron chi connectivity index (χ3n) is 2.29. The SMILES string of the molecule is CCCOc1c(C)cc(C)cc1CC(=O)O. The van der Waals surface area contributed by atoms with Crippen LogP contribution in [0.4, 0.5) is 0 Å². The van der Waals surface area contributed by atoms with E-state index in [1.54, 1.807) is 0 Å². The van der Waals surface area contributed by atoms with Crippen LogP contribution >= 0.6 is 0 Å². The Kier molecular flexibility index (Phi) is 4.35. The molecule has 16 heavy (non-hydrogen) atoms. The fourth-order valence-corrected chi connectivity index (χ4v) is 1.75. The van der Waals surface area contributed by atoms with E-state index in [0.29, 0.717) is 6.61 Å². The van der Waals surface area contributed by atoms with Crippen LogP contribution in [0.3, 0.4) is 0 Å². The maximum atomic E-state index is 10.8. The number of ether oxygens (including phenoxy) is 1. The molecule has 0 amide bonds. The Morgan fingerprint density at radius 1 is 1.38 bits per heavy atom. The molecule has 0 radical (unpaired) electrons. The number of benzene rings is 1. The smallest absolute Gasteiger partial charge is 0.307 e. The van der Waals surface area contributed by atoms with Crippen LogP contribution in [0.1, 0.15) is 30.0 Å². The second-order valence-electron chi connectivity index (χ2n) is 3.99. The summed E-state index contributed by atoms with van der Waals surface area (Å²) >= 11 is 0. The van der Waals surface area contributed by atoms with Gasteiger partial charge in [-0.15, -0.1) is 0 Å². The van der Waals surface area contributed by atoms with E-state index in [9.17, 15) is 4.79 Å². The Morgan fingerprint density at radius 3 is 2.62 bits per heavy atom. The summed E-state index contributed by atoms with van der Waals surface area (Å²) < 4.78 is 5.61. The van der Waals surface area contributed by atoms with Gasteiger partial charge in [0.05, 0.1) is 13.0 Å². The summed E-state index contributed by atoms with van der Waals surface area (Å²) in [5.41, 5.74) is 2.83. The zero-order valence-electron chi connectivity index (χ0n) is 10.0. The van der Waals surface area contributed by atoms with Crippen molar-refractivity contribution in [2.45, 2.75) is 33.6 Å². The van der Waals surface area contributed by atoms with Crippen LogP contribution in [0.5, 0.6) is 5.75 Å². The summed E-state index contributed by atoms with van der Waals surface area (Å²) in [7, 11) is 0. The Hall–Kier alpha value is -1.51. The number of carbonyl (C=O) groups is 1. The van der Waals surface area contributed by atoms with Gasteiger partial charge in [-0.3, -0.25) is 4.79 Å². The summed E-state index contributed by atoms with van der Waals surface area (Å²) in [5, 5.41) is 8.84. The molecule has 0 saturated heterocycles. The first-order valence-electron chi connectivity index (χ1n) is 5.49. The Bertz CT molecular complexity index is 383. The maximum Gasteiger partial charge on any atom is 0.307 e. The molecule has 0 aromatic heterocycles. The van der Waals surface area contributed by atoms with E-state index in [4.69, 9.17) is 9.84 Å². The van der Waals surface area contributed by atoms with Crippen molar-refractivity contribution in [3.05, 3.63) is 28.8 Å². The van der Waals surface area contributed by atoms with Crippen LogP contribution in [-0.2, 0) is 11.2 Å². The topological polar surface area (TPSA) is 46.5 Å². The zero-order chi connectivity index (χ0) is 12.1. The van der Waals surface area contributed by atoms with Crippen molar-refractivity contribution in [2.24, 2.45) is 0 Å². The Labute approximate surface area is 96.1 Å². The van der Waals surface area contributed by atoms with Gasteiger partial charge >= 0.3 is 5.97 Å². The lowest BCUT2D eigenvalue weighted by Crippen LogP contribution is -2.06. The molecule has 0 aliphatic heterocycles. The van der Waals surface area contributed by atoms with Crippen molar-refractivity contribution in [2.75, 3.05) is 6.61 Å². The van der Waals surface area contributed by atoms with Crippen molar-refractivity contribution < 1.29 is 14.6 Å². The van der Waals surface area contributed by atoms with E-state index in [1.807, 2.05) is 32.9 Å². The van der Waals surface area contributed by atoms with Gasteiger partial charge in [-0.1, -0.05) is 24.6 Å². The van der Waals surface area contributed by atoms with Gasteiger partial charge in [0.25, 0.3) is 0 Å². The Balaban J connectivity index is 3.05. The number of carboxylic acids is 1. The molecule has 0 heterocycles. The highest BCUT2D eigenvalue weighted by Crippen LogP contribution is 2.26. The first-order valence-corrected chi connectivity index (χ1v) is 5.49. The quantitative estimate of drug-likeness (QED) is 0.833. The first-order chi connectivity index (χ1) is 7.54. The lowest BCUT2D eigenvalue weighted by molar-refractivity contribution is -0.136. The molecule has 88 valence electrons. The number of aryl methyl sites for hydroxylation is 2. The molecule has 0 aliphatic carbocycles. The fourth-order valence-electron chi connectivity index (χ4n) is 1.75. The van der Waals surface area contributed by atoms with Gasteiger partial charge in [0, 0.05) is 5.56 Å². The zero-order valence-corrected chi connectivity index (χ0v) is 10.0. The van der Waals surface area contributed by atoms with E-state index in [2.05, 4.69) is 0 Å². The highest BCUT2D eigenvalue weighted by Gasteiger charge is 2.11. The highest BCUT2D eigenvalue weighted by atomic mass is 16.5. The molecule has 0 saturated carbocycles. The monoisotopic (exact) mass is 222 g/mol. The lowest BCUT2D eigenvalue weighted by Gasteiger charge is -2.13. The summed E-state index contributed by atoms with van der Waals surface area (Å²) in [6.07, 6.45) is 0.932. The summed E-state index contributed by atoms with van der Waals surface area (Å²) in [4.78, 5) is 10.8. The van der Waals surface area contributed by atoms with Crippen LogP contribution in [-0.4, -0.2) is 17.7 Å². The fraction of sp³-hybridized carbons (Fsp3) is 0.462. The van der Waals surface area contributed by atoms with E-state index >= 15 is 0 Å². The third-order valence-corrected chi connectivity index (χ3v) is 2.29. The summed E-state index contributed by atoms with van der Waals surface area (Å²) in [5.74, 6) is -0.0961. The molecule has 1 aromatic carbocycles. The first kappa shape index (κ1) is 12.6. The standard InChI is InChI=1S/C13H18O3/c1-4-5-16-13-10(3)6-9(2)7-11(13)8-12(14)15/h6-7H,4-5,8H2,1-3H3,(H,14,15).